The van der Waals surface area contributed by atoms with Gasteiger partial charge in [0.15, 0.2) is 5.58 Å². The first-order chi connectivity index (χ1) is 12.4. The van der Waals surface area contributed by atoms with Crippen molar-refractivity contribution in [2.24, 2.45) is 0 Å². The van der Waals surface area contributed by atoms with Gasteiger partial charge >= 0.3 is 4.94 Å². The lowest BCUT2D eigenvalue weighted by atomic mass is 9.94. The Labute approximate surface area is 155 Å². The molecule has 4 rings (SSSR count). The molecule has 0 saturated carbocycles. The summed E-state index contributed by atoms with van der Waals surface area (Å²) in [6.45, 7) is 8.32. The minimum atomic E-state index is -0.356. The summed E-state index contributed by atoms with van der Waals surface area (Å²) >= 11 is 1.04. The number of fused-ring (bicyclic) bond motifs is 3. The molecule has 1 aromatic heterocycles. The number of aryl methyl sites for hydroxylation is 2. The van der Waals surface area contributed by atoms with Crippen molar-refractivity contribution >= 4 is 32.4 Å². The third-order valence-electron chi connectivity index (χ3n) is 5.04. The lowest BCUT2D eigenvalue weighted by Gasteiger charge is -2.13. The molecule has 1 N–H and O–H groups in total. The van der Waals surface area contributed by atoms with Crippen LogP contribution in [-0.4, -0.2) is 5.11 Å². The van der Waals surface area contributed by atoms with Crippen molar-refractivity contribution in [1.82, 2.24) is 0 Å². The lowest BCUT2D eigenvalue weighted by molar-refractivity contribution is 0.484. The van der Waals surface area contributed by atoms with E-state index in [0.29, 0.717) is 27.2 Å². The van der Waals surface area contributed by atoms with Crippen LogP contribution >= 0.6 is 11.3 Å². The van der Waals surface area contributed by atoms with Gasteiger partial charge in [-0.1, -0.05) is 49.4 Å². The number of phenolic OH excluding ortho intramolecular Hbond substituents is 1. The van der Waals surface area contributed by atoms with Gasteiger partial charge in [-0.05, 0) is 54.2 Å². The Hall–Kier alpha value is -2.59. The van der Waals surface area contributed by atoms with Crippen LogP contribution in [0.2, 0.25) is 0 Å². The molecule has 0 saturated heterocycles. The second-order valence-corrected chi connectivity index (χ2v) is 8.04. The van der Waals surface area contributed by atoms with E-state index in [-0.39, 0.29) is 10.7 Å². The summed E-state index contributed by atoms with van der Waals surface area (Å²) < 4.78 is 6.20. The van der Waals surface area contributed by atoms with Crippen LogP contribution in [0, 0.1) is 13.8 Å². The molecule has 0 bridgehead atoms. The van der Waals surface area contributed by atoms with Crippen LogP contribution in [0.4, 0.5) is 0 Å². The van der Waals surface area contributed by atoms with Gasteiger partial charge < -0.3 is 9.52 Å². The van der Waals surface area contributed by atoms with E-state index in [1.807, 2.05) is 38.1 Å². The highest BCUT2D eigenvalue weighted by Crippen LogP contribution is 2.45. The molecular formula is C22H20O3S. The van der Waals surface area contributed by atoms with E-state index >= 15 is 0 Å². The van der Waals surface area contributed by atoms with Crippen molar-refractivity contribution in [1.29, 1.82) is 0 Å². The first-order valence-electron chi connectivity index (χ1n) is 8.66. The minimum Gasteiger partial charge on any atom is -0.507 e. The Morgan fingerprint density at radius 3 is 2.23 bits per heavy atom. The molecule has 0 unspecified atom stereocenters. The van der Waals surface area contributed by atoms with Crippen LogP contribution in [0.15, 0.2) is 45.6 Å². The van der Waals surface area contributed by atoms with E-state index in [4.69, 9.17) is 4.42 Å². The number of hydrogen-bond acceptors (Lipinski definition) is 4. The van der Waals surface area contributed by atoms with Gasteiger partial charge in [0.25, 0.3) is 0 Å². The maximum absolute atomic E-state index is 12.0. The van der Waals surface area contributed by atoms with E-state index in [9.17, 15) is 9.90 Å². The summed E-state index contributed by atoms with van der Waals surface area (Å²) in [7, 11) is 0. The average Bonchev–Trinajstić information content (AvgIpc) is 2.98. The zero-order valence-electron chi connectivity index (χ0n) is 15.2. The molecule has 0 radical (unpaired) electrons. The van der Waals surface area contributed by atoms with Crippen LogP contribution in [0.1, 0.15) is 36.5 Å². The van der Waals surface area contributed by atoms with Crippen molar-refractivity contribution in [3.8, 4) is 16.9 Å². The molecule has 132 valence electrons. The van der Waals surface area contributed by atoms with E-state index in [1.165, 1.54) is 5.56 Å². The Morgan fingerprint density at radius 1 is 1.00 bits per heavy atom. The van der Waals surface area contributed by atoms with E-state index in [0.717, 1.165) is 33.4 Å². The van der Waals surface area contributed by atoms with Gasteiger partial charge in [-0.15, -0.1) is 0 Å². The normalized spacial score (nSPS) is 11.7. The van der Waals surface area contributed by atoms with Crippen molar-refractivity contribution in [3.63, 3.8) is 0 Å². The molecule has 1 heterocycles. The summed E-state index contributed by atoms with van der Waals surface area (Å²) in [4.78, 5) is 11.6. The lowest BCUT2D eigenvalue weighted by Crippen LogP contribution is -1.89. The minimum absolute atomic E-state index is 0.199. The number of phenols is 1. The summed E-state index contributed by atoms with van der Waals surface area (Å²) in [5.41, 5.74) is 5.53. The third kappa shape index (κ3) is 2.53. The predicted octanol–water partition coefficient (Wildman–Crippen LogP) is 6.12. The molecule has 0 aliphatic rings. The van der Waals surface area contributed by atoms with Crippen molar-refractivity contribution < 1.29 is 9.52 Å². The van der Waals surface area contributed by atoms with E-state index < -0.39 is 0 Å². The highest BCUT2D eigenvalue weighted by Gasteiger charge is 2.20. The average molecular weight is 364 g/mol. The fourth-order valence-electron chi connectivity index (χ4n) is 3.37. The topological polar surface area (TPSA) is 50.4 Å². The maximum atomic E-state index is 12.0. The van der Waals surface area contributed by atoms with Crippen LogP contribution in [0.25, 0.3) is 32.2 Å². The molecule has 0 amide bonds. The van der Waals surface area contributed by atoms with E-state index in [2.05, 4.69) is 26.0 Å². The zero-order chi connectivity index (χ0) is 18.6. The SMILES string of the molecule is Cc1cc2c(O)c(-c3ccc(C(C)C)cc3)c3sc(=O)oc3c2cc1C. The summed E-state index contributed by atoms with van der Waals surface area (Å²) in [6.07, 6.45) is 0. The standard InChI is InChI=1S/C22H20O3S/c1-11(2)14-5-7-15(8-6-14)18-19(23)16-9-12(3)13(4)10-17(16)20-21(18)26-22(24)25-20/h5-11,23H,1-4H3. The molecule has 0 aliphatic carbocycles. The third-order valence-corrected chi connectivity index (χ3v) is 5.88. The van der Waals surface area contributed by atoms with Gasteiger partial charge in [0.2, 0.25) is 0 Å². The Kier molecular flexibility index (Phi) is 3.88. The van der Waals surface area contributed by atoms with Gasteiger partial charge in [-0.2, -0.15) is 0 Å². The Balaban J connectivity index is 2.12. The van der Waals surface area contributed by atoms with Gasteiger partial charge in [0.1, 0.15) is 5.75 Å². The number of rotatable bonds is 2. The largest absolute Gasteiger partial charge is 0.507 e. The molecule has 3 nitrogen and oxygen atoms in total. The molecule has 0 aliphatic heterocycles. The van der Waals surface area contributed by atoms with Crippen LogP contribution < -0.4 is 4.94 Å². The van der Waals surface area contributed by atoms with E-state index in [1.54, 1.807) is 0 Å². The summed E-state index contributed by atoms with van der Waals surface area (Å²) in [5.74, 6) is 0.634. The Morgan fingerprint density at radius 2 is 1.62 bits per heavy atom. The fourth-order valence-corrected chi connectivity index (χ4v) is 4.22. The molecule has 0 spiro atoms. The van der Waals surface area contributed by atoms with Gasteiger partial charge in [0, 0.05) is 16.3 Å². The molecule has 0 atom stereocenters. The first-order valence-corrected chi connectivity index (χ1v) is 9.48. The van der Waals surface area contributed by atoms with Crippen molar-refractivity contribution in [2.75, 3.05) is 0 Å². The quantitative estimate of drug-likeness (QED) is 0.466. The van der Waals surface area contributed by atoms with Gasteiger partial charge in [-0.25, -0.2) is 4.79 Å². The maximum Gasteiger partial charge on any atom is 0.396 e. The van der Waals surface area contributed by atoms with Gasteiger partial charge in [0.05, 0.1) is 4.70 Å². The van der Waals surface area contributed by atoms with Crippen molar-refractivity contribution in [3.05, 3.63) is 62.8 Å². The molecule has 4 heteroatoms. The number of hydrogen-bond donors (Lipinski definition) is 1. The van der Waals surface area contributed by atoms with Crippen LogP contribution in [0.3, 0.4) is 0 Å². The van der Waals surface area contributed by atoms with Crippen LogP contribution in [0.5, 0.6) is 5.75 Å². The van der Waals surface area contributed by atoms with Crippen LogP contribution in [-0.2, 0) is 0 Å². The Bertz CT molecular complexity index is 1190. The number of aromatic hydroxyl groups is 1. The summed E-state index contributed by atoms with van der Waals surface area (Å²) in [6, 6.07) is 12.1. The molecule has 0 fully saturated rings. The molecular weight excluding hydrogens is 344 g/mol. The highest BCUT2D eigenvalue weighted by molar-refractivity contribution is 7.17. The second-order valence-electron chi connectivity index (χ2n) is 7.09. The highest BCUT2D eigenvalue weighted by atomic mass is 32.1. The first kappa shape index (κ1) is 16.9. The number of benzene rings is 3. The zero-order valence-corrected chi connectivity index (χ0v) is 16.0. The fraction of sp³-hybridized carbons (Fsp3) is 0.227. The van der Waals surface area contributed by atoms with Crippen molar-refractivity contribution in [2.45, 2.75) is 33.6 Å². The summed E-state index contributed by atoms with van der Waals surface area (Å²) in [5, 5.41) is 12.6. The predicted molar refractivity (Wildman–Crippen MR) is 109 cm³/mol. The molecule has 3 aromatic carbocycles. The van der Waals surface area contributed by atoms with Gasteiger partial charge in [-0.3, -0.25) is 0 Å². The smallest absolute Gasteiger partial charge is 0.396 e. The molecule has 26 heavy (non-hydrogen) atoms. The monoisotopic (exact) mass is 364 g/mol. The second kappa shape index (κ2) is 5.99. The molecule has 4 aromatic rings.